The zero-order chi connectivity index (χ0) is 15.6. The van der Waals surface area contributed by atoms with Gasteiger partial charge in [0.25, 0.3) is 0 Å². The quantitative estimate of drug-likeness (QED) is 0.748. The third kappa shape index (κ3) is 3.53. The lowest BCUT2D eigenvalue weighted by atomic mass is 9.98. The lowest BCUT2D eigenvalue weighted by Gasteiger charge is -2.24. The number of likely N-dealkylation sites (tertiary alicyclic amines) is 1. The van der Waals surface area contributed by atoms with Crippen LogP contribution in [-0.4, -0.2) is 49.1 Å². The average molecular weight is 293 g/mol. The third-order valence-corrected chi connectivity index (χ3v) is 4.58. The third-order valence-electron chi connectivity index (χ3n) is 4.58. The van der Waals surface area contributed by atoms with E-state index in [0.717, 1.165) is 12.8 Å². The Balaban J connectivity index is 1.86. The van der Waals surface area contributed by atoms with Gasteiger partial charge in [0.2, 0.25) is 5.91 Å². The molecule has 21 heavy (non-hydrogen) atoms. The highest BCUT2D eigenvalue weighted by Gasteiger charge is 2.43. The molecule has 0 radical (unpaired) electrons. The summed E-state index contributed by atoms with van der Waals surface area (Å²) in [6.07, 6.45) is 1.99. The van der Waals surface area contributed by atoms with Crippen molar-refractivity contribution >= 4 is 11.9 Å². The molecule has 6 nitrogen and oxygen atoms in total. The molecule has 1 aliphatic heterocycles. The van der Waals surface area contributed by atoms with Crippen LogP contribution in [0.15, 0.2) is 0 Å². The predicted octanol–water partition coefficient (Wildman–Crippen LogP) is 0.536. The Morgan fingerprint density at radius 3 is 2.62 bits per heavy atom. The van der Waals surface area contributed by atoms with Gasteiger partial charge in [-0.25, -0.2) is 0 Å². The molecule has 0 aromatic rings. The molecule has 1 amide bonds. The molecule has 0 aromatic heterocycles. The largest absolute Gasteiger partial charge is 0.469 e. The first-order chi connectivity index (χ1) is 9.89. The van der Waals surface area contributed by atoms with Crippen LogP contribution in [0.1, 0.15) is 26.7 Å². The van der Waals surface area contributed by atoms with Gasteiger partial charge >= 0.3 is 5.97 Å². The second-order valence-electron chi connectivity index (χ2n) is 6.44. The van der Waals surface area contributed by atoms with E-state index in [2.05, 4.69) is 11.4 Å². The number of nitrogens with zero attached hydrogens (tertiary/aromatic N) is 2. The molecular formula is C15H23N3O3. The second kappa shape index (κ2) is 6.02. The van der Waals surface area contributed by atoms with Crippen molar-refractivity contribution in [3.63, 3.8) is 0 Å². The summed E-state index contributed by atoms with van der Waals surface area (Å²) >= 11 is 0. The second-order valence-corrected chi connectivity index (χ2v) is 6.44. The van der Waals surface area contributed by atoms with Gasteiger partial charge in [0.15, 0.2) is 0 Å². The molecule has 1 saturated heterocycles. The van der Waals surface area contributed by atoms with Crippen LogP contribution in [-0.2, 0) is 14.3 Å². The summed E-state index contributed by atoms with van der Waals surface area (Å²) in [4.78, 5) is 25.7. The Bertz CT molecular complexity index is 469. The number of carbonyl (C=O) groups excluding carboxylic acids is 2. The van der Waals surface area contributed by atoms with Gasteiger partial charge in [0.1, 0.15) is 5.54 Å². The monoisotopic (exact) mass is 293 g/mol. The fourth-order valence-electron chi connectivity index (χ4n) is 3.07. The van der Waals surface area contributed by atoms with E-state index in [4.69, 9.17) is 4.74 Å². The summed E-state index contributed by atoms with van der Waals surface area (Å²) in [5.41, 5.74) is -0.760. The molecule has 3 atom stereocenters. The number of ether oxygens (including phenoxy) is 1. The lowest BCUT2D eigenvalue weighted by Crippen LogP contribution is -2.50. The molecule has 1 N–H and O–H groups in total. The van der Waals surface area contributed by atoms with Crippen LogP contribution in [0.2, 0.25) is 0 Å². The van der Waals surface area contributed by atoms with E-state index in [1.54, 1.807) is 6.92 Å². The van der Waals surface area contributed by atoms with Gasteiger partial charge in [-0.15, -0.1) is 0 Å². The summed E-state index contributed by atoms with van der Waals surface area (Å²) < 4.78 is 4.79. The van der Waals surface area contributed by atoms with Gasteiger partial charge < -0.3 is 10.1 Å². The van der Waals surface area contributed by atoms with Crippen LogP contribution in [0.4, 0.5) is 0 Å². The molecular weight excluding hydrogens is 270 g/mol. The Labute approximate surface area is 125 Å². The first-order valence-electron chi connectivity index (χ1n) is 7.42. The van der Waals surface area contributed by atoms with Crippen LogP contribution < -0.4 is 5.32 Å². The number of amides is 1. The summed E-state index contributed by atoms with van der Waals surface area (Å²) in [6, 6.07) is 2.22. The Kier molecular flexibility index (Phi) is 4.52. The van der Waals surface area contributed by atoms with Gasteiger partial charge in [-0.3, -0.25) is 14.5 Å². The van der Waals surface area contributed by atoms with E-state index < -0.39 is 5.54 Å². The first kappa shape index (κ1) is 15.8. The molecule has 1 saturated carbocycles. The van der Waals surface area contributed by atoms with Crippen molar-refractivity contribution in [2.24, 2.45) is 17.8 Å². The topological polar surface area (TPSA) is 82.4 Å². The number of esters is 1. The molecule has 2 aliphatic rings. The van der Waals surface area contributed by atoms with E-state index in [9.17, 15) is 14.9 Å². The highest BCUT2D eigenvalue weighted by atomic mass is 16.5. The van der Waals surface area contributed by atoms with Crippen molar-refractivity contribution < 1.29 is 14.3 Å². The fraction of sp³-hybridized carbons (Fsp3) is 0.800. The molecule has 0 aromatic carbocycles. The van der Waals surface area contributed by atoms with Gasteiger partial charge in [0.05, 0.1) is 25.6 Å². The summed E-state index contributed by atoms with van der Waals surface area (Å²) in [5.74, 6) is -0.0923. The number of nitriles is 1. The van der Waals surface area contributed by atoms with Crippen molar-refractivity contribution in [1.82, 2.24) is 10.2 Å². The normalized spacial score (nSPS) is 28.5. The van der Waals surface area contributed by atoms with E-state index in [0.29, 0.717) is 13.1 Å². The Morgan fingerprint density at radius 1 is 1.43 bits per heavy atom. The number of rotatable bonds is 5. The maximum absolute atomic E-state index is 12.1. The number of carbonyl (C=O) groups is 2. The minimum Gasteiger partial charge on any atom is -0.469 e. The average Bonchev–Trinajstić information content (AvgIpc) is 3.23. The molecule has 0 bridgehead atoms. The molecule has 1 heterocycles. The smallest absolute Gasteiger partial charge is 0.310 e. The van der Waals surface area contributed by atoms with E-state index in [1.165, 1.54) is 7.11 Å². The fourth-order valence-corrected chi connectivity index (χ4v) is 3.07. The van der Waals surface area contributed by atoms with Crippen LogP contribution in [0.25, 0.3) is 0 Å². The van der Waals surface area contributed by atoms with Crippen molar-refractivity contribution in [2.45, 2.75) is 32.2 Å². The maximum atomic E-state index is 12.1. The number of nitrogens with one attached hydrogen (secondary N) is 1. The lowest BCUT2D eigenvalue weighted by molar-refractivity contribution is -0.146. The highest BCUT2D eigenvalue weighted by Crippen LogP contribution is 2.39. The summed E-state index contributed by atoms with van der Waals surface area (Å²) in [5, 5.41) is 12.1. The minimum absolute atomic E-state index is 0.149. The maximum Gasteiger partial charge on any atom is 0.310 e. The molecule has 116 valence electrons. The molecule has 0 spiro atoms. The van der Waals surface area contributed by atoms with Crippen LogP contribution >= 0.6 is 0 Å². The summed E-state index contributed by atoms with van der Waals surface area (Å²) in [7, 11) is 1.39. The van der Waals surface area contributed by atoms with Crippen LogP contribution in [0, 0.1) is 29.1 Å². The number of hydrogen-bond donors (Lipinski definition) is 1. The molecule has 6 heteroatoms. The standard InChI is InChI=1S/C15H23N3O3/c1-10-6-18(7-12(10)14(20)21-3)8-13(19)17-15(2,9-16)11-4-5-11/h10-12H,4-8H2,1-3H3,(H,17,19). The van der Waals surface area contributed by atoms with Crippen LogP contribution in [0.3, 0.4) is 0 Å². The number of methoxy groups -OCH3 is 1. The van der Waals surface area contributed by atoms with Gasteiger partial charge in [-0.1, -0.05) is 6.92 Å². The van der Waals surface area contributed by atoms with Gasteiger partial charge in [0, 0.05) is 13.1 Å². The predicted molar refractivity (Wildman–Crippen MR) is 76.0 cm³/mol. The van der Waals surface area contributed by atoms with Crippen molar-refractivity contribution in [2.75, 3.05) is 26.7 Å². The Morgan fingerprint density at radius 2 is 2.10 bits per heavy atom. The van der Waals surface area contributed by atoms with Crippen LogP contribution in [0.5, 0.6) is 0 Å². The van der Waals surface area contributed by atoms with E-state index in [-0.39, 0.29) is 36.2 Å². The molecule has 1 aliphatic carbocycles. The van der Waals surface area contributed by atoms with Crippen molar-refractivity contribution in [1.29, 1.82) is 5.26 Å². The molecule has 2 rings (SSSR count). The van der Waals surface area contributed by atoms with Crippen molar-refractivity contribution in [3.05, 3.63) is 0 Å². The minimum atomic E-state index is -0.760. The zero-order valence-electron chi connectivity index (χ0n) is 12.9. The zero-order valence-corrected chi connectivity index (χ0v) is 12.9. The van der Waals surface area contributed by atoms with Crippen molar-refractivity contribution in [3.8, 4) is 6.07 Å². The Hall–Kier alpha value is -1.61. The summed E-state index contributed by atoms with van der Waals surface area (Å²) in [6.45, 7) is 5.23. The highest BCUT2D eigenvalue weighted by molar-refractivity contribution is 5.80. The van der Waals surface area contributed by atoms with E-state index in [1.807, 2.05) is 11.8 Å². The number of hydrogen-bond acceptors (Lipinski definition) is 5. The first-order valence-corrected chi connectivity index (χ1v) is 7.42. The van der Waals surface area contributed by atoms with Gasteiger partial charge in [-0.05, 0) is 31.6 Å². The van der Waals surface area contributed by atoms with E-state index >= 15 is 0 Å². The molecule has 2 fully saturated rings. The molecule has 3 unspecified atom stereocenters. The van der Waals surface area contributed by atoms with Gasteiger partial charge in [-0.2, -0.15) is 5.26 Å². The SMILES string of the molecule is COC(=O)C1CN(CC(=O)NC(C)(C#N)C2CC2)CC1C.